The van der Waals surface area contributed by atoms with Crippen LogP contribution in [-0.4, -0.2) is 23.4 Å². The fourth-order valence-electron chi connectivity index (χ4n) is 2.84. The lowest BCUT2D eigenvalue weighted by atomic mass is 10.1. The molecule has 0 saturated carbocycles. The van der Waals surface area contributed by atoms with Gasteiger partial charge < -0.3 is 5.32 Å². The van der Waals surface area contributed by atoms with Crippen molar-refractivity contribution in [2.75, 3.05) is 21.8 Å². The monoisotopic (exact) mass is 374 g/mol. The molecule has 1 fully saturated rings. The number of nitrogens with zero attached hydrogens (tertiary/aromatic N) is 1. The molecule has 1 unspecified atom stereocenters. The molecule has 4 nitrogen and oxygen atoms in total. The first-order valence-corrected chi connectivity index (χ1v) is 9.63. The average Bonchev–Trinajstić information content (AvgIpc) is 2.97. The number of hydrogen-bond donors (Lipinski definition) is 1. The number of amides is 2. The number of hydrogen-bond acceptors (Lipinski definition) is 3. The van der Waals surface area contributed by atoms with E-state index in [1.165, 1.54) is 0 Å². The minimum atomic E-state index is -0.113. The van der Waals surface area contributed by atoms with Crippen LogP contribution >= 0.6 is 23.4 Å². The van der Waals surface area contributed by atoms with E-state index in [1.807, 2.05) is 60.4 Å². The molecule has 0 aliphatic carbocycles. The summed E-state index contributed by atoms with van der Waals surface area (Å²) in [6, 6.07) is 15.5. The molecular weight excluding hydrogens is 356 g/mol. The van der Waals surface area contributed by atoms with Crippen molar-refractivity contribution in [3.8, 4) is 0 Å². The number of nitrogens with one attached hydrogen (secondary N) is 1. The first-order valence-electron chi connectivity index (χ1n) is 8.05. The highest BCUT2D eigenvalue weighted by Gasteiger charge is 2.34. The van der Waals surface area contributed by atoms with Gasteiger partial charge in [0.15, 0.2) is 0 Å². The Morgan fingerprint density at radius 1 is 1.28 bits per heavy atom. The van der Waals surface area contributed by atoms with Gasteiger partial charge in [-0.25, -0.2) is 0 Å². The summed E-state index contributed by atoms with van der Waals surface area (Å²) >= 11 is 7.20. The van der Waals surface area contributed by atoms with Crippen LogP contribution in [0.4, 0.5) is 11.4 Å². The lowest BCUT2D eigenvalue weighted by molar-refractivity contribution is -0.116. The van der Waals surface area contributed by atoms with Gasteiger partial charge in [0.1, 0.15) is 5.37 Å². The van der Waals surface area contributed by atoms with E-state index in [4.69, 9.17) is 11.6 Å². The average molecular weight is 375 g/mol. The van der Waals surface area contributed by atoms with Crippen molar-refractivity contribution in [3.63, 3.8) is 0 Å². The summed E-state index contributed by atoms with van der Waals surface area (Å²) in [5.74, 6) is 0.723. The minimum absolute atomic E-state index is 0.0980. The molecule has 1 heterocycles. The SMILES string of the molecule is Cc1ccccc1N1C(=O)CSC1c1cccc(NC(=O)CCCl)c1. The molecular formula is C19H19ClN2O2S. The molecule has 130 valence electrons. The molecule has 0 aromatic heterocycles. The van der Waals surface area contributed by atoms with E-state index in [9.17, 15) is 9.59 Å². The van der Waals surface area contributed by atoms with Crippen LogP contribution in [-0.2, 0) is 9.59 Å². The number of carbonyl (C=O) groups excluding carboxylic acids is 2. The molecule has 2 aromatic rings. The van der Waals surface area contributed by atoms with E-state index in [0.717, 1.165) is 22.5 Å². The van der Waals surface area contributed by atoms with E-state index < -0.39 is 0 Å². The highest BCUT2D eigenvalue weighted by molar-refractivity contribution is 8.00. The standard InChI is InChI=1S/C19H19ClN2O2S/c1-13-5-2-3-8-16(13)22-18(24)12-25-19(22)14-6-4-7-15(11-14)21-17(23)9-10-20/h2-8,11,19H,9-10,12H2,1H3,(H,21,23). The maximum Gasteiger partial charge on any atom is 0.238 e. The normalized spacial score (nSPS) is 17.0. The molecule has 1 N–H and O–H groups in total. The number of carbonyl (C=O) groups is 2. The largest absolute Gasteiger partial charge is 0.326 e. The first kappa shape index (κ1) is 17.8. The van der Waals surface area contributed by atoms with Gasteiger partial charge in [-0.1, -0.05) is 30.3 Å². The van der Waals surface area contributed by atoms with Crippen LogP contribution in [0.25, 0.3) is 0 Å². The highest BCUT2D eigenvalue weighted by atomic mass is 35.5. The maximum absolute atomic E-state index is 12.5. The van der Waals surface area contributed by atoms with Gasteiger partial charge in [-0.05, 0) is 36.2 Å². The Morgan fingerprint density at radius 3 is 2.84 bits per heavy atom. The molecule has 1 saturated heterocycles. The Balaban J connectivity index is 1.89. The summed E-state index contributed by atoms with van der Waals surface area (Å²) in [4.78, 5) is 26.1. The number of alkyl halides is 1. The fourth-order valence-corrected chi connectivity index (χ4v) is 4.17. The second-order valence-electron chi connectivity index (χ2n) is 5.83. The number of thioether (sulfide) groups is 1. The van der Waals surface area contributed by atoms with Crippen molar-refractivity contribution < 1.29 is 9.59 Å². The Morgan fingerprint density at radius 2 is 2.08 bits per heavy atom. The van der Waals surface area contributed by atoms with Crippen LogP contribution in [0, 0.1) is 6.92 Å². The number of anilines is 2. The van der Waals surface area contributed by atoms with Crippen molar-refractivity contribution in [1.82, 2.24) is 0 Å². The summed E-state index contributed by atoms with van der Waals surface area (Å²) in [7, 11) is 0. The molecule has 3 rings (SSSR count). The number of aryl methyl sites for hydroxylation is 1. The Labute approximate surface area is 156 Å². The molecule has 2 aromatic carbocycles. The lowest BCUT2D eigenvalue weighted by Crippen LogP contribution is -2.28. The van der Waals surface area contributed by atoms with E-state index in [2.05, 4.69) is 5.32 Å². The molecule has 25 heavy (non-hydrogen) atoms. The van der Waals surface area contributed by atoms with E-state index in [-0.39, 0.29) is 23.6 Å². The second-order valence-corrected chi connectivity index (χ2v) is 7.27. The van der Waals surface area contributed by atoms with Gasteiger partial charge in [-0.3, -0.25) is 14.5 Å². The van der Waals surface area contributed by atoms with E-state index in [0.29, 0.717) is 11.6 Å². The quantitative estimate of drug-likeness (QED) is 0.792. The van der Waals surface area contributed by atoms with Gasteiger partial charge in [0.05, 0.1) is 5.75 Å². The zero-order chi connectivity index (χ0) is 17.8. The molecule has 1 aliphatic heterocycles. The third-order valence-corrected chi connectivity index (χ3v) is 5.42. The number of rotatable bonds is 5. The maximum atomic E-state index is 12.5. The van der Waals surface area contributed by atoms with Crippen molar-refractivity contribution in [2.24, 2.45) is 0 Å². The summed E-state index contributed by atoms with van der Waals surface area (Å²) < 4.78 is 0. The lowest BCUT2D eigenvalue weighted by Gasteiger charge is -2.26. The highest BCUT2D eigenvalue weighted by Crippen LogP contribution is 2.43. The van der Waals surface area contributed by atoms with Crippen molar-refractivity contribution in [1.29, 1.82) is 0 Å². The van der Waals surface area contributed by atoms with E-state index >= 15 is 0 Å². The van der Waals surface area contributed by atoms with Crippen LogP contribution in [0.2, 0.25) is 0 Å². The predicted molar refractivity (Wildman–Crippen MR) is 104 cm³/mol. The fraction of sp³-hybridized carbons (Fsp3) is 0.263. The Hall–Kier alpha value is -1.98. The van der Waals surface area contributed by atoms with Crippen molar-refractivity contribution >= 4 is 46.6 Å². The summed E-state index contributed by atoms with van der Waals surface area (Å²) in [6.45, 7) is 2.01. The van der Waals surface area contributed by atoms with Gasteiger partial charge in [0, 0.05) is 23.7 Å². The van der Waals surface area contributed by atoms with Crippen LogP contribution in [0.15, 0.2) is 48.5 Å². The van der Waals surface area contributed by atoms with Gasteiger partial charge in [0.25, 0.3) is 0 Å². The summed E-state index contributed by atoms with van der Waals surface area (Å²) in [5, 5.41) is 2.75. The van der Waals surface area contributed by atoms with E-state index in [1.54, 1.807) is 11.8 Å². The van der Waals surface area contributed by atoms with Crippen molar-refractivity contribution in [2.45, 2.75) is 18.7 Å². The van der Waals surface area contributed by atoms with Gasteiger partial charge >= 0.3 is 0 Å². The number of benzene rings is 2. The molecule has 0 bridgehead atoms. The molecule has 0 spiro atoms. The molecule has 6 heteroatoms. The van der Waals surface area contributed by atoms with Crippen LogP contribution in [0.1, 0.15) is 22.9 Å². The molecule has 2 amide bonds. The third-order valence-electron chi connectivity index (χ3n) is 4.02. The van der Waals surface area contributed by atoms with Gasteiger partial charge in [0.2, 0.25) is 11.8 Å². The van der Waals surface area contributed by atoms with Gasteiger partial charge in [-0.15, -0.1) is 23.4 Å². The smallest absolute Gasteiger partial charge is 0.238 e. The summed E-state index contributed by atoms with van der Waals surface area (Å²) in [6.07, 6.45) is 0.276. The third kappa shape index (κ3) is 3.99. The van der Waals surface area contributed by atoms with Crippen LogP contribution in [0.3, 0.4) is 0 Å². The predicted octanol–water partition coefficient (Wildman–Crippen LogP) is 4.34. The Bertz CT molecular complexity index is 796. The zero-order valence-corrected chi connectivity index (χ0v) is 15.4. The molecule has 1 aliphatic rings. The summed E-state index contributed by atoms with van der Waals surface area (Å²) in [5.41, 5.74) is 3.70. The number of halogens is 1. The topological polar surface area (TPSA) is 49.4 Å². The Kier molecular flexibility index (Phi) is 5.66. The van der Waals surface area contributed by atoms with Crippen molar-refractivity contribution in [3.05, 3.63) is 59.7 Å². The number of para-hydroxylation sites is 1. The van der Waals surface area contributed by atoms with Gasteiger partial charge in [-0.2, -0.15) is 0 Å². The minimum Gasteiger partial charge on any atom is -0.326 e. The molecule has 0 radical (unpaired) electrons. The first-order chi connectivity index (χ1) is 12.1. The van der Waals surface area contributed by atoms with Crippen LogP contribution in [0.5, 0.6) is 0 Å². The molecule has 1 atom stereocenters. The zero-order valence-electron chi connectivity index (χ0n) is 13.9. The second kappa shape index (κ2) is 7.93. The van der Waals surface area contributed by atoms with Crippen LogP contribution < -0.4 is 10.2 Å².